The van der Waals surface area contributed by atoms with Gasteiger partial charge in [0, 0.05) is 19.3 Å². The molecule has 2 aromatic carbocycles. The summed E-state index contributed by atoms with van der Waals surface area (Å²) < 4.78 is 16.6. The molecule has 1 fully saturated rings. The number of rotatable bonds is 8. The zero-order chi connectivity index (χ0) is 20.6. The van der Waals surface area contributed by atoms with Crippen LogP contribution in [0, 0.1) is 0 Å². The summed E-state index contributed by atoms with van der Waals surface area (Å²) in [7, 11) is 5.02. The molecule has 0 unspecified atom stereocenters. The van der Waals surface area contributed by atoms with Crippen LogP contribution in [0.25, 0.3) is 0 Å². The highest BCUT2D eigenvalue weighted by atomic mass is 16.5. The predicted octanol–water partition coefficient (Wildman–Crippen LogP) is 4.73. The van der Waals surface area contributed by atoms with Gasteiger partial charge in [-0.3, -0.25) is 0 Å². The van der Waals surface area contributed by atoms with Crippen LogP contribution in [-0.4, -0.2) is 44.8 Å². The van der Waals surface area contributed by atoms with Crippen molar-refractivity contribution in [1.82, 2.24) is 4.90 Å². The normalized spacial score (nSPS) is 13.8. The Bertz CT molecular complexity index is 801. The third-order valence-corrected chi connectivity index (χ3v) is 5.24. The second-order valence-corrected chi connectivity index (χ2v) is 7.34. The van der Waals surface area contributed by atoms with Gasteiger partial charge in [0.25, 0.3) is 0 Å². The van der Waals surface area contributed by atoms with Gasteiger partial charge in [-0.2, -0.15) is 0 Å². The monoisotopic (exact) mass is 398 g/mol. The number of nitrogens with zero attached hydrogens (tertiary/aromatic N) is 1. The maximum absolute atomic E-state index is 12.5. The molecule has 3 rings (SSSR count). The smallest absolute Gasteiger partial charge is 0.321 e. The minimum absolute atomic E-state index is 0.144. The van der Waals surface area contributed by atoms with E-state index in [-0.39, 0.29) is 6.03 Å². The second kappa shape index (κ2) is 10.0. The highest BCUT2D eigenvalue weighted by Crippen LogP contribution is 2.28. The van der Waals surface area contributed by atoms with Gasteiger partial charge in [0.05, 0.1) is 20.3 Å². The van der Waals surface area contributed by atoms with Crippen LogP contribution >= 0.6 is 0 Å². The molecule has 29 heavy (non-hydrogen) atoms. The molecule has 0 radical (unpaired) electrons. The number of carbonyl (C=O) groups excluding carboxylic acids is 1. The summed E-state index contributed by atoms with van der Waals surface area (Å²) in [6.45, 7) is 0.587. The molecule has 1 saturated carbocycles. The van der Waals surface area contributed by atoms with Crippen LogP contribution < -0.4 is 19.5 Å². The standard InChI is InChI=1S/C23H30N2O4/c1-25(15-14-17-8-13-21(27-2)22(16-17)28-3)23(26)24-18-9-11-20(12-10-18)29-19-6-4-5-7-19/h8-13,16,19H,4-7,14-15H2,1-3H3,(H,24,26). The maximum atomic E-state index is 12.5. The fourth-order valence-electron chi connectivity index (χ4n) is 3.47. The molecular weight excluding hydrogens is 368 g/mol. The highest BCUT2D eigenvalue weighted by molar-refractivity contribution is 5.89. The lowest BCUT2D eigenvalue weighted by molar-refractivity contribution is 0.210. The zero-order valence-electron chi connectivity index (χ0n) is 17.4. The minimum atomic E-state index is -0.144. The van der Waals surface area contributed by atoms with Gasteiger partial charge in [0.1, 0.15) is 5.75 Å². The molecule has 6 nitrogen and oxygen atoms in total. The fourth-order valence-corrected chi connectivity index (χ4v) is 3.47. The van der Waals surface area contributed by atoms with Crippen molar-refractivity contribution in [2.24, 2.45) is 0 Å². The van der Waals surface area contributed by atoms with Crippen molar-refractivity contribution in [2.45, 2.75) is 38.2 Å². The van der Waals surface area contributed by atoms with E-state index in [0.29, 0.717) is 24.1 Å². The molecule has 1 N–H and O–H groups in total. The number of urea groups is 1. The Balaban J connectivity index is 1.48. The van der Waals surface area contributed by atoms with E-state index in [4.69, 9.17) is 14.2 Å². The molecule has 0 aliphatic heterocycles. The molecule has 0 bridgehead atoms. The Kier molecular flexibility index (Phi) is 7.22. The van der Waals surface area contributed by atoms with Gasteiger partial charge in [-0.05, 0) is 74.1 Å². The van der Waals surface area contributed by atoms with Gasteiger partial charge in [0.2, 0.25) is 0 Å². The first kappa shape index (κ1) is 20.8. The Morgan fingerprint density at radius 2 is 1.72 bits per heavy atom. The SMILES string of the molecule is COc1ccc(CCN(C)C(=O)Nc2ccc(OC3CCCC3)cc2)cc1OC. The number of amides is 2. The molecule has 0 heterocycles. The second-order valence-electron chi connectivity index (χ2n) is 7.34. The van der Waals surface area contributed by atoms with E-state index in [1.807, 2.05) is 42.5 Å². The van der Waals surface area contributed by atoms with Gasteiger partial charge in [0.15, 0.2) is 11.5 Å². The van der Waals surface area contributed by atoms with Crippen molar-refractivity contribution in [3.05, 3.63) is 48.0 Å². The average molecular weight is 399 g/mol. The van der Waals surface area contributed by atoms with E-state index in [1.165, 1.54) is 12.8 Å². The van der Waals surface area contributed by atoms with E-state index >= 15 is 0 Å². The molecule has 2 amide bonds. The molecule has 156 valence electrons. The lowest BCUT2D eigenvalue weighted by atomic mass is 10.1. The van der Waals surface area contributed by atoms with Crippen LogP contribution in [0.4, 0.5) is 10.5 Å². The zero-order valence-corrected chi connectivity index (χ0v) is 17.4. The number of ether oxygens (including phenoxy) is 3. The highest BCUT2D eigenvalue weighted by Gasteiger charge is 2.16. The first-order valence-electron chi connectivity index (χ1n) is 10.1. The molecule has 0 saturated heterocycles. The summed E-state index contributed by atoms with van der Waals surface area (Å²) in [6.07, 6.45) is 5.80. The lowest BCUT2D eigenvalue weighted by Crippen LogP contribution is -2.32. The van der Waals surface area contributed by atoms with Crippen molar-refractivity contribution >= 4 is 11.7 Å². The number of methoxy groups -OCH3 is 2. The first-order chi connectivity index (χ1) is 14.1. The number of nitrogens with one attached hydrogen (secondary N) is 1. The molecule has 0 spiro atoms. The summed E-state index contributed by atoms with van der Waals surface area (Å²) in [5, 5.41) is 2.93. The number of likely N-dealkylation sites (N-methyl/N-ethyl adjacent to an activating group) is 1. The van der Waals surface area contributed by atoms with E-state index < -0.39 is 0 Å². The number of benzene rings is 2. The molecule has 6 heteroatoms. The summed E-state index contributed by atoms with van der Waals surface area (Å²) in [6, 6.07) is 13.2. The van der Waals surface area contributed by atoms with E-state index in [9.17, 15) is 4.79 Å². The largest absolute Gasteiger partial charge is 0.493 e. The number of carbonyl (C=O) groups is 1. The Labute approximate surface area is 172 Å². The molecule has 1 aliphatic carbocycles. The number of hydrogen-bond acceptors (Lipinski definition) is 4. The molecule has 1 aliphatic rings. The van der Waals surface area contributed by atoms with Crippen LogP contribution in [0.2, 0.25) is 0 Å². The fraction of sp³-hybridized carbons (Fsp3) is 0.435. The van der Waals surface area contributed by atoms with E-state index in [1.54, 1.807) is 26.2 Å². The summed E-state index contributed by atoms with van der Waals surface area (Å²) in [4.78, 5) is 14.1. The summed E-state index contributed by atoms with van der Waals surface area (Å²) in [5.74, 6) is 2.25. The topological polar surface area (TPSA) is 60.0 Å². The average Bonchev–Trinajstić information content (AvgIpc) is 3.26. The molecular formula is C23H30N2O4. The van der Waals surface area contributed by atoms with Crippen molar-refractivity contribution in [2.75, 3.05) is 33.1 Å². The van der Waals surface area contributed by atoms with E-state index in [0.717, 1.165) is 36.3 Å². The third kappa shape index (κ3) is 5.79. The quantitative estimate of drug-likeness (QED) is 0.698. The Morgan fingerprint density at radius 3 is 2.38 bits per heavy atom. The van der Waals surface area contributed by atoms with Crippen LogP contribution in [0.15, 0.2) is 42.5 Å². The van der Waals surface area contributed by atoms with Crippen molar-refractivity contribution in [3.63, 3.8) is 0 Å². The van der Waals surface area contributed by atoms with Gasteiger partial charge < -0.3 is 24.4 Å². The predicted molar refractivity (Wildman–Crippen MR) is 114 cm³/mol. The van der Waals surface area contributed by atoms with Crippen molar-refractivity contribution in [1.29, 1.82) is 0 Å². The molecule has 0 atom stereocenters. The maximum Gasteiger partial charge on any atom is 0.321 e. The number of hydrogen-bond donors (Lipinski definition) is 1. The van der Waals surface area contributed by atoms with Gasteiger partial charge in [-0.15, -0.1) is 0 Å². The van der Waals surface area contributed by atoms with Crippen LogP contribution in [0.5, 0.6) is 17.2 Å². The summed E-state index contributed by atoms with van der Waals surface area (Å²) >= 11 is 0. The minimum Gasteiger partial charge on any atom is -0.493 e. The van der Waals surface area contributed by atoms with Crippen LogP contribution in [-0.2, 0) is 6.42 Å². The third-order valence-electron chi connectivity index (χ3n) is 5.24. The summed E-state index contributed by atoms with van der Waals surface area (Å²) in [5.41, 5.74) is 1.84. The van der Waals surface area contributed by atoms with Gasteiger partial charge >= 0.3 is 6.03 Å². The molecule has 0 aromatic heterocycles. The van der Waals surface area contributed by atoms with Crippen LogP contribution in [0.1, 0.15) is 31.2 Å². The molecule has 2 aromatic rings. The Morgan fingerprint density at radius 1 is 1.03 bits per heavy atom. The van der Waals surface area contributed by atoms with Crippen molar-refractivity contribution < 1.29 is 19.0 Å². The van der Waals surface area contributed by atoms with Gasteiger partial charge in [-0.1, -0.05) is 6.07 Å². The first-order valence-corrected chi connectivity index (χ1v) is 10.1. The van der Waals surface area contributed by atoms with Crippen molar-refractivity contribution in [3.8, 4) is 17.2 Å². The Hall–Kier alpha value is -2.89. The van der Waals surface area contributed by atoms with E-state index in [2.05, 4.69) is 5.32 Å². The van der Waals surface area contributed by atoms with Gasteiger partial charge in [-0.25, -0.2) is 4.79 Å². The number of anilines is 1. The lowest BCUT2D eigenvalue weighted by Gasteiger charge is -2.19. The van der Waals surface area contributed by atoms with Crippen LogP contribution in [0.3, 0.4) is 0 Å².